The molecule has 1 fully saturated rings. The molecule has 1 aliphatic heterocycles. The van der Waals surface area contributed by atoms with Crippen LogP contribution < -0.4 is 16.0 Å². The average Bonchev–Trinajstić information content (AvgIpc) is 3.43. The maximum atomic E-state index is 12.9. The number of H-pyrrole nitrogens is 1. The second-order valence-electron chi connectivity index (χ2n) is 8.28. The molecule has 166 valence electrons. The lowest BCUT2D eigenvalue weighted by atomic mass is 9.97. The monoisotopic (exact) mass is 450 g/mol. The Morgan fingerprint density at radius 3 is 2.88 bits per heavy atom. The van der Waals surface area contributed by atoms with E-state index in [1.165, 1.54) is 21.5 Å². The number of nitrogens with one attached hydrogen (secondary N) is 1. The number of para-hydroxylation sites is 1. The summed E-state index contributed by atoms with van der Waals surface area (Å²) in [4.78, 5) is 35.9. The van der Waals surface area contributed by atoms with Gasteiger partial charge in [0, 0.05) is 30.6 Å². The van der Waals surface area contributed by atoms with Crippen molar-refractivity contribution in [3.8, 4) is 5.75 Å². The van der Waals surface area contributed by atoms with Crippen LogP contribution in [0.5, 0.6) is 5.75 Å². The number of hydrogen-bond acceptors (Lipinski definition) is 6. The Labute approximate surface area is 189 Å². The Morgan fingerprint density at radius 1 is 1.16 bits per heavy atom. The van der Waals surface area contributed by atoms with Crippen LogP contribution in [0.4, 0.5) is 0 Å². The molecule has 0 spiro atoms. The van der Waals surface area contributed by atoms with Gasteiger partial charge >= 0.3 is 5.69 Å². The third kappa shape index (κ3) is 3.84. The number of unbranched alkanes of at least 4 members (excludes halogenated alkanes) is 1. The average molecular weight is 451 g/mol. The summed E-state index contributed by atoms with van der Waals surface area (Å²) in [6, 6.07) is 12.0. The van der Waals surface area contributed by atoms with Gasteiger partial charge in [0.1, 0.15) is 15.3 Å². The number of benzene rings is 1. The van der Waals surface area contributed by atoms with Gasteiger partial charge < -0.3 is 14.6 Å². The van der Waals surface area contributed by atoms with Crippen LogP contribution in [0.15, 0.2) is 52.2 Å². The molecule has 1 aliphatic rings. The molecule has 1 aromatic carbocycles. The first-order chi connectivity index (χ1) is 15.7. The normalized spacial score (nSPS) is 16.8. The van der Waals surface area contributed by atoms with E-state index in [9.17, 15) is 9.59 Å². The Hall–Kier alpha value is -2.97. The minimum atomic E-state index is -0.344. The third-order valence-electron chi connectivity index (χ3n) is 6.34. The lowest BCUT2D eigenvalue weighted by Gasteiger charge is -2.17. The zero-order valence-corrected chi connectivity index (χ0v) is 18.9. The smallest absolute Gasteiger partial charge is 0.328 e. The fourth-order valence-corrected chi connectivity index (χ4v) is 5.75. The van der Waals surface area contributed by atoms with Crippen LogP contribution in [0.25, 0.3) is 20.4 Å². The van der Waals surface area contributed by atoms with E-state index in [0.717, 1.165) is 54.9 Å². The van der Waals surface area contributed by atoms with Gasteiger partial charge in [0.15, 0.2) is 0 Å². The highest BCUT2D eigenvalue weighted by Crippen LogP contribution is 2.33. The van der Waals surface area contributed by atoms with E-state index in [1.54, 1.807) is 13.3 Å². The van der Waals surface area contributed by atoms with Crippen LogP contribution >= 0.6 is 11.3 Å². The van der Waals surface area contributed by atoms with E-state index in [4.69, 9.17) is 4.74 Å². The lowest BCUT2D eigenvalue weighted by molar-refractivity contribution is 0.320. The molecule has 5 rings (SSSR count). The van der Waals surface area contributed by atoms with Gasteiger partial charge in [-0.15, -0.1) is 11.3 Å². The van der Waals surface area contributed by atoms with Crippen LogP contribution in [0.1, 0.15) is 30.7 Å². The zero-order chi connectivity index (χ0) is 22.1. The number of nitrogens with zero attached hydrogens (tertiary/aromatic N) is 3. The molecule has 0 amide bonds. The van der Waals surface area contributed by atoms with Crippen LogP contribution in [-0.4, -0.2) is 46.2 Å². The first-order valence-electron chi connectivity index (χ1n) is 11.0. The molecule has 0 saturated carbocycles. The van der Waals surface area contributed by atoms with Crippen molar-refractivity contribution >= 4 is 31.8 Å². The van der Waals surface area contributed by atoms with Crippen LogP contribution in [0.3, 0.4) is 0 Å². The van der Waals surface area contributed by atoms with Gasteiger partial charge in [-0.2, -0.15) is 0 Å². The minimum absolute atomic E-state index is 0.218. The predicted octanol–water partition coefficient (Wildman–Crippen LogP) is 3.58. The van der Waals surface area contributed by atoms with E-state index in [-0.39, 0.29) is 11.2 Å². The number of methoxy groups -OCH3 is 1. The Kier molecular flexibility index (Phi) is 5.80. The van der Waals surface area contributed by atoms with Gasteiger partial charge in [-0.3, -0.25) is 9.36 Å². The van der Waals surface area contributed by atoms with Crippen molar-refractivity contribution in [2.24, 2.45) is 0 Å². The molecule has 0 radical (unpaired) electrons. The lowest BCUT2D eigenvalue weighted by Crippen LogP contribution is -2.34. The van der Waals surface area contributed by atoms with Crippen molar-refractivity contribution < 1.29 is 4.74 Å². The van der Waals surface area contributed by atoms with E-state index >= 15 is 0 Å². The van der Waals surface area contributed by atoms with Gasteiger partial charge in [-0.1, -0.05) is 18.2 Å². The molecule has 32 heavy (non-hydrogen) atoms. The number of thiophene rings is 1. The highest BCUT2D eigenvalue weighted by atomic mass is 32.1. The van der Waals surface area contributed by atoms with Gasteiger partial charge in [-0.05, 0) is 56.1 Å². The molecule has 1 atom stereocenters. The van der Waals surface area contributed by atoms with Gasteiger partial charge in [0.05, 0.1) is 12.6 Å². The summed E-state index contributed by atoms with van der Waals surface area (Å²) < 4.78 is 7.43. The molecule has 1 N–H and O–H groups in total. The molecule has 1 unspecified atom stereocenters. The minimum Gasteiger partial charge on any atom is -0.496 e. The molecule has 0 bridgehead atoms. The van der Waals surface area contributed by atoms with Crippen molar-refractivity contribution in [1.82, 2.24) is 19.4 Å². The summed E-state index contributed by atoms with van der Waals surface area (Å²) in [5.74, 6) is 1.45. The first-order valence-corrected chi connectivity index (χ1v) is 11.8. The SMILES string of the molecule is COc1ccccc1C1CCN(CCCCn2c(=O)[nH]c3c(sc4ncccc43)c2=O)C1. The van der Waals surface area contributed by atoms with Crippen LogP contribution in [0.2, 0.25) is 0 Å². The van der Waals surface area contributed by atoms with E-state index in [0.29, 0.717) is 22.7 Å². The number of fused-ring (bicyclic) bond motifs is 3. The number of likely N-dealkylation sites (tertiary alicyclic amines) is 1. The van der Waals surface area contributed by atoms with Crippen LogP contribution in [0, 0.1) is 0 Å². The van der Waals surface area contributed by atoms with Crippen LogP contribution in [-0.2, 0) is 6.54 Å². The molecule has 7 nitrogen and oxygen atoms in total. The highest BCUT2D eigenvalue weighted by molar-refractivity contribution is 7.25. The number of aromatic amines is 1. The van der Waals surface area contributed by atoms with Gasteiger partial charge in [0.25, 0.3) is 5.56 Å². The van der Waals surface area contributed by atoms with Crippen molar-refractivity contribution in [2.45, 2.75) is 31.7 Å². The second kappa shape index (κ2) is 8.88. The maximum absolute atomic E-state index is 12.9. The molecule has 3 aromatic heterocycles. The van der Waals surface area contributed by atoms with E-state index < -0.39 is 0 Å². The number of aromatic nitrogens is 3. The third-order valence-corrected chi connectivity index (χ3v) is 7.44. The fraction of sp³-hybridized carbons (Fsp3) is 0.375. The van der Waals surface area contributed by atoms with Crippen molar-refractivity contribution in [2.75, 3.05) is 26.7 Å². The Balaban J connectivity index is 1.21. The van der Waals surface area contributed by atoms with E-state index in [1.807, 2.05) is 24.3 Å². The second-order valence-corrected chi connectivity index (χ2v) is 9.28. The number of ether oxygens (including phenoxy) is 1. The largest absolute Gasteiger partial charge is 0.496 e. The van der Waals surface area contributed by atoms with Crippen molar-refractivity contribution in [3.05, 3.63) is 69.0 Å². The molecular formula is C24H26N4O3S. The zero-order valence-electron chi connectivity index (χ0n) is 18.0. The van der Waals surface area contributed by atoms with Gasteiger partial charge in [0.2, 0.25) is 0 Å². The maximum Gasteiger partial charge on any atom is 0.328 e. The summed E-state index contributed by atoms with van der Waals surface area (Å²) in [6.45, 7) is 3.47. The number of hydrogen-bond donors (Lipinski definition) is 1. The molecule has 0 aliphatic carbocycles. The molecule has 4 heterocycles. The predicted molar refractivity (Wildman–Crippen MR) is 128 cm³/mol. The molecule has 4 aromatic rings. The summed E-state index contributed by atoms with van der Waals surface area (Å²) in [6.07, 6.45) is 4.55. The molecule has 1 saturated heterocycles. The number of pyridine rings is 1. The molecular weight excluding hydrogens is 424 g/mol. The Bertz CT molecular complexity index is 1370. The first kappa shape index (κ1) is 20.9. The standard InChI is InChI=1S/C24H26N4O3S/c1-31-19-9-3-2-7-17(19)16-10-14-27(15-16)12-4-5-13-28-23(29)21-20(26-24(28)30)18-8-6-11-25-22(18)32-21/h2-3,6-9,11,16H,4-5,10,12-15H2,1H3,(H,26,30). The summed E-state index contributed by atoms with van der Waals surface area (Å²) in [7, 11) is 1.72. The fourth-order valence-electron chi connectivity index (χ4n) is 4.70. The van der Waals surface area contributed by atoms with E-state index in [2.05, 4.69) is 27.0 Å². The summed E-state index contributed by atoms with van der Waals surface area (Å²) >= 11 is 1.34. The van der Waals surface area contributed by atoms with Crippen molar-refractivity contribution in [1.29, 1.82) is 0 Å². The molecule has 8 heteroatoms. The topological polar surface area (TPSA) is 80.2 Å². The quantitative estimate of drug-likeness (QED) is 0.436. The Morgan fingerprint density at radius 2 is 2.00 bits per heavy atom. The van der Waals surface area contributed by atoms with Gasteiger partial charge in [-0.25, -0.2) is 9.78 Å². The summed E-state index contributed by atoms with van der Waals surface area (Å²) in [5, 5.41) is 0.826. The van der Waals surface area contributed by atoms with Crippen molar-refractivity contribution in [3.63, 3.8) is 0 Å². The highest BCUT2D eigenvalue weighted by Gasteiger charge is 2.25. The number of rotatable bonds is 7. The summed E-state index contributed by atoms with van der Waals surface area (Å²) in [5.41, 5.74) is 1.32.